The monoisotopic (exact) mass is 467 g/mol. The topological polar surface area (TPSA) is 145 Å². The van der Waals surface area contributed by atoms with E-state index in [-0.39, 0.29) is 28.8 Å². The third kappa shape index (κ3) is 4.72. The molecular weight excluding hydrogens is 443 g/mol. The molecule has 0 fully saturated rings. The molecule has 0 atom stereocenters. The fourth-order valence-electron chi connectivity index (χ4n) is 3.04. The van der Waals surface area contributed by atoms with Gasteiger partial charge in [-0.05, 0) is 19.1 Å². The van der Waals surface area contributed by atoms with E-state index in [9.17, 15) is 9.18 Å². The quantitative estimate of drug-likeness (QED) is 0.353. The number of aromatic nitrogens is 7. The van der Waals surface area contributed by atoms with Gasteiger partial charge in [0.2, 0.25) is 0 Å². The van der Waals surface area contributed by atoms with Crippen LogP contribution in [0.1, 0.15) is 21.5 Å². The van der Waals surface area contributed by atoms with Crippen molar-refractivity contribution >= 4 is 28.9 Å². The number of rotatable bonds is 8. The average Bonchev–Trinajstić information content (AvgIpc) is 3.31. The molecule has 0 saturated heterocycles. The van der Waals surface area contributed by atoms with E-state index in [0.29, 0.717) is 23.6 Å². The highest BCUT2D eigenvalue weighted by Gasteiger charge is 2.19. The molecule has 4 aromatic rings. The van der Waals surface area contributed by atoms with Gasteiger partial charge < -0.3 is 20.7 Å². The number of methoxy groups -OCH3 is 1. The number of nitrogens with one attached hydrogen (secondary N) is 3. The zero-order valence-electron chi connectivity index (χ0n) is 21.1. The molecule has 0 bridgehead atoms. The van der Waals surface area contributed by atoms with Crippen molar-refractivity contribution in [3.63, 3.8) is 0 Å². The molecular formula is C21H21FN10O2. The lowest BCUT2D eigenvalue weighted by Gasteiger charge is -2.16. The Morgan fingerprint density at radius 3 is 2.68 bits per heavy atom. The lowest BCUT2D eigenvalue weighted by Crippen LogP contribution is -2.21. The number of halogens is 1. The predicted octanol–water partition coefficient (Wildman–Crippen LogP) is 2.54. The fraction of sp³-hybridized carbons (Fsp3) is 0.190. The van der Waals surface area contributed by atoms with E-state index in [2.05, 4.69) is 41.1 Å². The minimum atomic E-state index is -2.75. The maximum atomic E-state index is 13.3. The number of ether oxygens (including phenoxy) is 1. The van der Waals surface area contributed by atoms with Gasteiger partial charge in [-0.15, -0.1) is 15.3 Å². The van der Waals surface area contributed by atoms with Crippen LogP contribution in [0.25, 0.3) is 11.4 Å². The van der Waals surface area contributed by atoms with Crippen molar-refractivity contribution in [2.45, 2.75) is 13.5 Å². The minimum Gasteiger partial charge on any atom is -0.494 e. The summed E-state index contributed by atoms with van der Waals surface area (Å²) in [6.45, 7) is -0.241. The van der Waals surface area contributed by atoms with Crippen LogP contribution in [-0.2, 0) is 6.54 Å². The van der Waals surface area contributed by atoms with E-state index in [1.54, 1.807) is 29.1 Å². The molecule has 12 nitrogen and oxygen atoms in total. The summed E-state index contributed by atoms with van der Waals surface area (Å²) in [5, 5.41) is 23.7. The summed E-state index contributed by atoms with van der Waals surface area (Å²) in [5.74, 6) is -0.493. The van der Waals surface area contributed by atoms with Gasteiger partial charge in [0.25, 0.3) is 5.91 Å². The lowest BCUT2D eigenvalue weighted by atomic mass is 10.1. The normalized spacial score (nSPS) is 12.3. The highest BCUT2D eigenvalue weighted by atomic mass is 19.1. The Morgan fingerprint density at radius 2 is 1.97 bits per heavy atom. The number of carbonyl (C=O) groups excluding carboxylic acids is 1. The van der Waals surface area contributed by atoms with E-state index >= 15 is 0 Å². The number of nitrogens with zero attached hydrogens (tertiary/aromatic N) is 7. The highest BCUT2D eigenvalue weighted by Crippen LogP contribution is 2.37. The predicted molar refractivity (Wildman–Crippen MR) is 122 cm³/mol. The Hall–Kier alpha value is -4.68. The third-order valence-electron chi connectivity index (χ3n) is 4.59. The maximum Gasteiger partial charge on any atom is 0.273 e. The van der Waals surface area contributed by atoms with Crippen molar-refractivity contribution in [2.75, 3.05) is 24.7 Å². The zero-order chi connectivity index (χ0) is 26.6. The number of hydrogen-bond acceptors (Lipinski definition) is 10. The van der Waals surface area contributed by atoms with Crippen molar-refractivity contribution in [1.29, 1.82) is 0 Å². The summed E-state index contributed by atoms with van der Waals surface area (Å²) in [5.41, 5.74) is 0.631. The summed E-state index contributed by atoms with van der Waals surface area (Å²) in [7, 11) is 1.42. The Balaban J connectivity index is 1.74. The van der Waals surface area contributed by atoms with Gasteiger partial charge in [-0.25, -0.2) is 14.4 Å². The fourth-order valence-corrected chi connectivity index (χ4v) is 3.04. The van der Waals surface area contributed by atoms with Gasteiger partial charge >= 0.3 is 0 Å². The van der Waals surface area contributed by atoms with Crippen LogP contribution in [0.4, 0.5) is 27.4 Å². The second-order valence-electron chi connectivity index (χ2n) is 6.77. The minimum absolute atomic E-state index is 0.109. The number of aryl methyl sites for hydroxylation is 1. The van der Waals surface area contributed by atoms with Crippen LogP contribution in [0.3, 0.4) is 0 Å². The molecule has 0 spiro atoms. The van der Waals surface area contributed by atoms with Crippen LogP contribution >= 0.6 is 0 Å². The third-order valence-corrected chi connectivity index (χ3v) is 4.59. The summed E-state index contributed by atoms with van der Waals surface area (Å²) in [4.78, 5) is 20.7. The molecule has 3 aromatic heterocycles. The van der Waals surface area contributed by atoms with Crippen molar-refractivity contribution < 1.29 is 18.0 Å². The number of carbonyl (C=O) groups is 1. The molecule has 0 aliphatic carbocycles. The van der Waals surface area contributed by atoms with E-state index in [4.69, 9.17) is 8.85 Å². The SMILES string of the molecule is [2H]C([2H])([2H])NC(=O)c1nnc(Nc2cn(CC)nn2)cc1Nc1cccc(-c2ncc(F)cn2)c1OC. The van der Waals surface area contributed by atoms with Gasteiger partial charge in [0.05, 0.1) is 42.6 Å². The first-order valence-electron chi connectivity index (χ1n) is 11.5. The average molecular weight is 467 g/mol. The van der Waals surface area contributed by atoms with Gasteiger partial charge in [-0.2, -0.15) is 0 Å². The van der Waals surface area contributed by atoms with Crippen LogP contribution in [0, 0.1) is 5.82 Å². The molecule has 0 radical (unpaired) electrons. The van der Waals surface area contributed by atoms with Crippen LogP contribution in [-0.4, -0.2) is 55.2 Å². The Labute approximate surface area is 197 Å². The van der Waals surface area contributed by atoms with Crippen molar-refractivity contribution in [2.24, 2.45) is 0 Å². The van der Waals surface area contributed by atoms with Gasteiger partial charge in [0, 0.05) is 23.7 Å². The second-order valence-corrected chi connectivity index (χ2v) is 6.77. The molecule has 0 unspecified atom stereocenters. The first kappa shape index (κ1) is 18.8. The Bertz CT molecular complexity index is 1410. The Kier molecular flexibility index (Phi) is 5.46. The van der Waals surface area contributed by atoms with Crippen molar-refractivity contribution in [1.82, 2.24) is 40.5 Å². The number of amides is 1. The van der Waals surface area contributed by atoms with Crippen LogP contribution in [0.5, 0.6) is 5.75 Å². The summed E-state index contributed by atoms with van der Waals surface area (Å²) in [6, 6.07) is 6.45. The molecule has 3 N–H and O–H groups in total. The van der Waals surface area contributed by atoms with Crippen LogP contribution in [0.2, 0.25) is 0 Å². The summed E-state index contributed by atoms with van der Waals surface area (Å²) in [6.07, 6.45) is 3.70. The first-order valence-corrected chi connectivity index (χ1v) is 9.96. The first-order chi connectivity index (χ1) is 17.7. The molecule has 1 amide bonds. The molecule has 0 aliphatic rings. The number of para-hydroxylation sites is 1. The second kappa shape index (κ2) is 9.85. The van der Waals surface area contributed by atoms with Crippen molar-refractivity contribution in [3.8, 4) is 17.1 Å². The van der Waals surface area contributed by atoms with Crippen LogP contribution in [0.15, 0.2) is 42.9 Å². The molecule has 1 aromatic carbocycles. The van der Waals surface area contributed by atoms with Gasteiger partial charge in [0.15, 0.2) is 34.7 Å². The maximum absolute atomic E-state index is 13.3. The van der Waals surface area contributed by atoms with E-state index < -0.39 is 18.7 Å². The van der Waals surface area contributed by atoms with Gasteiger partial charge in [0.1, 0.15) is 0 Å². The smallest absolute Gasteiger partial charge is 0.273 e. The van der Waals surface area contributed by atoms with E-state index in [1.807, 2.05) is 12.2 Å². The lowest BCUT2D eigenvalue weighted by molar-refractivity contribution is 0.0958. The number of hydrogen-bond donors (Lipinski definition) is 3. The van der Waals surface area contributed by atoms with Gasteiger partial charge in [-0.3, -0.25) is 9.48 Å². The van der Waals surface area contributed by atoms with Crippen molar-refractivity contribution in [3.05, 3.63) is 54.4 Å². The molecule has 0 saturated carbocycles. The molecule has 13 heteroatoms. The highest BCUT2D eigenvalue weighted by molar-refractivity contribution is 5.99. The summed E-state index contributed by atoms with van der Waals surface area (Å²) >= 11 is 0. The van der Waals surface area contributed by atoms with Gasteiger partial charge in [-0.1, -0.05) is 11.3 Å². The summed E-state index contributed by atoms with van der Waals surface area (Å²) < 4.78 is 42.6. The molecule has 174 valence electrons. The Morgan fingerprint density at radius 1 is 1.15 bits per heavy atom. The molecule has 3 heterocycles. The van der Waals surface area contributed by atoms with Crippen LogP contribution < -0.4 is 20.7 Å². The zero-order valence-corrected chi connectivity index (χ0v) is 18.1. The molecule has 0 aliphatic heterocycles. The van der Waals surface area contributed by atoms with E-state index in [0.717, 1.165) is 12.4 Å². The number of anilines is 4. The number of benzene rings is 1. The van der Waals surface area contributed by atoms with E-state index in [1.165, 1.54) is 13.2 Å². The standard InChI is InChI=1S/C21H21FN10O2/c1-4-32-11-17(29-31-32)27-16-8-15(18(30-28-16)21(33)23-2)26-14-7-5-6-13(19(14)34-3)20-24-9-12(22)10-25-20/h5-11H,4H2,1-3H3,(H,23,33)(H2,26,27,28)/i2D3. The molecule has 4 rings (SSSR count). The largest absolute Gasteiger partial charge is 0.494 e. The molecule has 34 heavy (non-hydrogen) atoms.